The van der Waals surface area contributed by atoms with Crippen LogP contribution in [-0.4, -0.2) is 83.1 Å². The first-order valence-corrected chi connectivity index (χ1v) is 12.1. The SMILES string of the molecule is CS(=O)(=O)N1CCN(CCNc2ncc3ncnc(Nc4ccc(F)c(Cl)c4)c3n2)CC1. The van der Waals surface area contributed by atoms with E-state index in [0.717, 1.165) is 6.54 Å². The highest BCUT2D eigenvalue weighted by Gasteiger charge is 2.22. The Kier molecular flexibility index (Phi) is 6.65. The molecule has 1 aliphatic heterocycles. The summed E-state index contributed by atoms with van der Waals surface area (Å²) in [6.07, 6.45) is 4.22. The monoisotopic (exact) mass is 480 g/mol. The Bertz CT molecular complexity index is 1220. The predicted octanol–water partition coefficient (Wildman–Crippen LogP) is 1.94. The molecule has 170 valence electrons. The van der Waals surface area contributed by atoms with Crippen LogP contribution in [0.2, 0.25) is 5.02 Å². The van der Waals surface area contributed by atoms with Crippen molar-refractivity contribution in [3.8, 4) is 0 Å². The van der Waals surface area contributed by atoms with Crippen molar-refractivity contribution in [2.24, 2.45) is 0 Å². The number of aromatic nitrogens is 4. The van der Waals surface area contributed by atoms with Gasteiger partial charge in [0.25, 0.3) is 0 Å². The summed E-state index contributed by atoms with van der Waals surface area (Å²) >= 11 is 5.86. The van der Waals surface area contributed by atoms with Crippen LogP contribution in [0.3, 0.4) is 0 Å². The van der Waals surface area contributed by atoms with Crippen molar-refractivity contribution in [3.63, 3.8) is 0 Å². The van der Waals surface area contributed by atoms with Gasteiger partial charge in [-0.3, -0.25) is 4.90 Å². The van der Waals surface area contributed by atoms with Crippen molar-refractivity contribution in [2.75, 3.05) is 56.2 Å². The second-order valence-corrected chi connectivity index (χ2v) is 9.72. The first-order chi connectivity index (χ1) is 15.3. The zero-order valence-electron chi connectivity index (χ0n) is 17.3. The van der Waals surface area contributed by atoms with Gasteiger partial charge in [-0.2, -0.15) is 4.31 Å². The molecular formula is C19H22ClFN8O2S. The molecule has 0 unspecified atom stereocenters. The summed E-state index contributed by atoms with van der Waals surface area (Å²) in [4.78, 5) is 19.4. The van der Waals surface area contributed by atoms with Gasteiger partial charge in [-0.1, -0.05) is 11.6 Å². The zero-order valence-corrected chi connectivity index (χ0v) is 18.9. The van der Waals surface area contributed by atoms with E-state index >= 15 is 0 Å². The average molecular weight is 481 g/mol. The lowest BCUT2D eigenvalue weighted by molar-refractivity contribution is 0.194. The molecule has 1 saturated heterocycles. The molecule has 3 heterocycles. The molecule has 1 aromatic carbocycles. The minimum atomic E-state index is -3.14. The smallest absolute Gasteiger partial charge is 0.223 e. The van der Waals surface area contributed by atoms with Crippen molar-refractivity contribution in [1.29, 1.82) is 0 Å². The molecule has 1 aliphatic rings. The number of nitrogens with one attached hydrogen (secondary N) is 2. The Morgan fingerprint density at radius 2 is 1.94 bits per heavy atom. The number of piperazine rings is 1. The van der Waals surface area contributed by atoms with Crippen LogP contribution in [0.4, 0.5) is 21.8 Å². The topological polar surface area (TPSA) is 116 Å². The molecule has 13 heteroatoms. The molecule has 32 heavy (non-hydrogen) atoms. The minimum absolute atomic E-state index is 0.00251. The quantitative estimate of drug-likeness (QED) is 0.523. The van der Waals surface area contributed by atoms with Crippen molar-refractivity contribution in [3.05, 3.63) is 41.6 Å². The van der Waals surface area contributed by atoms with Crippen molar-refractivity contribution in [1.82, 2.24) is 29.1 Å². The maximum absolute atomic E-state index is 13.4. The lowest BCUT2D eigenvalue weighted by Gasteiger charge is -2.33. The number of anilines is 3. The molecule has 0 amide bonds. The van der Waals surface area contributed by atoms with E-state index in [-0.39, 0.29) is 5.02 Å². The van der Waals surface area contributed by atoms with Crippen LogP contribution < -0.4 is 10.6 Å². The van der Waals surface area contributed by atoms with E-state index in [9.17, 15) is 12.8 Å². The highest BCUT2D eigenvalue weighted by atomic mass is 35.5. The highest BCUT2D eigenvalue weighted by Crippen LogP contribution is 2.25. The number of halogens is 2. The third kappa shape index (κ3) is 5.38. The lowest BCUT2D eigenvalue weighted by Crippen LogP contribution is -2.49. The molecule has 3 aromatic rings. The number of nitrogens with zero attached hydrogens (tertiary/aromatic N) is 6. The Morgan fingerprint density at radius 1 is 1.16 bits per heavy atom. The second kappa shape index (κ2) is 9.45. The predicted molar refractivity (Wildman–Crippen MR) is 121 cm³/mol. The second-order valence-electron chi connectivity index (χ2n) is 7.33. The van der Waals surface area contributed by atoms with Crippen LogP contribution in [0.1, 0.15) is 0 Å². The molecular weight excluding hydrogens is 459 g/mol. The van der Waals surface area contributed by atoms with Crippen LogP contribution in [0.15, 0.2) is 30.7 Å². The Hall–Kier alpha value is -2.67. The van der Waals surface area contributed by atoms with E-state index < -0.39 is 15.8 Å². The fourth-order valence-electron chi connectivity index (χ4n) is 3.35. The molecule has 0 atom stereocenters. The standard InChI is InChI=1S/C19H22ClFN8O2S/c1-32(30,31)29-8-6-28(7-9-29)5-4-22-19-23-11-16-17(27-19)18(25-12-24-16)26-13-2-3-15(21)14(20)10-13/h2-3,10-12H,4-9H2,1H3,(H,22,23,27)(H,24,25,26). The van der Waals surface area contributed by atoms with Crippen molar-refractivity contribution < 1.29 is 12.8 Å². The maximum atomic E-state index is 13.4. The first kappa shape index (κ1) is 22.5. The average Bonchev–Trinajstić information content (AvgIpc) is 2.76. The number of sulfonamides is 1. The first-order valence-electron chi connectivity index (χ1n) is 9.91. The van der Waals surface area contributed by atoms with Gasteiger partial charge in [0.2, 0.25) is 16.0 Å². The van der Waals surface area contributed by atoms with Gasteiger partial charge in [-0.05, 0) is 18.2 Å². The summed E-state index contributed by atoms with van der Waals surface area (Å²) in [5, 5.41) is 6.27. The van der Waals surface area contributed by atoms with E-state index in [4.69, 9.17) is 11.6 Å². The third-order valence-corrected chi connectivity index (χ3v) is 6.66. The fourth-order valence-corrected chi connectivity index (χ4v) is 4.36. The maximum Gasteiger partial charge on any atom is 0.223 e. The molecule has 0 bridgehead atoms. The molecule has 4 rings (SSSR count). The highest BCUT2D eigenvalue weighted by molar-refractivity contribution is 7.88. The van der Waals surface area contributed by atoms with Gasteiger partial charge in [0.15, 0.2) is 5.82 Å². The van der Waals surface area contributed by atoms with Crippen molar-refractivity contribution >= 4 is 50.1 Å². The Morgan fingerprint density at radius 3 is 2.66 bits per heavy atom. The van der Waals surface area contributed by atoms with Gasteiger partial charge in [0.05, 0.1) is 17.5 Å². The van der Waals surface area contributed by atoms with Gasteiger partial charge in [0.1, 0.15) is 23.2 Å². The minimum Gasteiger partial charge on any atom is -0.353 e. The number of fused-ring (bicyclic) bond motifs is 1. The van der Waals surface area contributed by atoms with Gasteiger partial charge in [-0.25, -0.2) is 32.7 Å². The van der Waals surface area contributed by atoms with E-state index in [1.807, 2.05) is 0 Å². The van der Waals surface area contributed by atoms with Crippen molar-refractivity contribution in [2.45, 2.75) is 0 Å². The number of rotatable bonds is 7. The van der Waals surface area contributed by atoms with E-state index in [2.05, 4.69) is 35.5 Å². The molecule has 0 spiro atoms. The number of hydrogen-bond acceptors (Lipinski definition) is 9. The zero-order chi connectivity index (χ0) is 22.7. The lowest BCUT2D eigenvalue weighted by atomic mass is 10.3. The molecule has 2 N–H and O–H groups in total. The molecule has 2 aromatic heterocycles. The van der Waals surface area contributed by atoms with Crippen LogP contribution >= 0.6 is 11.6 Å². The summed E-state index contributed by atoms with van der Waals surface area (Å²) in [5.74, 6) is 0.360. The summed E-state index contributed by atoms with van der Waals surface area (Å²) in [7, 11) is -3.14. The fraction of sp³-hybridized carbons (Fsp3) is 0.368. The van der Waals surface area contributed by atoms with Crippen LogP contribution in [0, 0.1) is 5.82 Å². The van der Waals surface area contributed by atoms with Crippen LogP contribution in [0.5, 0.6) is 0 Å². The van der Waals surface area contributed by atoms with E-state index in [1.54, 1.807) is 12.3 Å². The van der Waals surface area contributed by atoms with Gasteiger partial charge < -0.3 is 10.6 Å². The van der Waals surface area contributed by atoms with Gasteiger partial charge >= 0.3 is 0 Å². The Balaban J connectivity index is 1.40. The summed E-state index contributed by atoms with van der Waals surface area (Å²) < 4.78 is 38.1. The summed E-state index contributed by atoms with van der Waals surface area (Å²) in [6.45, 7) is 3.65. The van der Waals surface area contributed by atoms with Gasteiger partial charge in [0, 0.05) is 45.0 Å². The molecule has 0 radical (unpaired) electrons. The van der Waals surface area contributed by atoms with Crippen LogP contribution in [-0.2, 0) is 10.0 Å². The van der Waals surface area contributed by atoms with Gasteiger partial charge in [-0.15, -0.1) is 0 Å². The largest absolute Gasteiger partial charge is 0.353 e. The van der Waals surface area contributed by atoms with E-state index in [1.165, 1.54) is 29.0 Å². The molecule has 0 saturated carbocycles. The molecule has 1 fully saturated rings. The van der Waals surface area contributed by atoms with E-state index in [0.29, 0.717) is 61.2 Å². The molecule has 0 aliphatic carbocycles. The van der Waals surface area contributed by atoms with Crippen LogP contribution in [0.25, 0.3) is 11.0 Å². The third-order valence-electron chi connectivity index (χ3n) is 5.07. The number of hydrogen-bond donors (Lipinski definition) is 2. The summed E-state index contributed by atoms with van der Waals surface area (Å²) in [5.41, 5.74) is 1.63. The molecule has 10 nitrogen and oxygen atoms in total. The normalized spacial score (nSPS) is 15.7. The Labute approximate surface area is 189 Å². The number of benzene rings is 1. The summed E-state index contributed by atoms with van der Waals surface area (Å²) in [6, 6.07) is 4.29.